The van der Waals surface area contributed by atoms with Gasteiger partial charge in [0.05, 0.1) is 6.10 Å². The first-order valence-electron chi connectivity index (χ1n) is 10.8. The number of nitrogens with one attached hydrogen (secondary N) is 2. The van der Waals surface area contributed by atoms with Gasteiger partial charge in [-0.05, 0) is 51.4 Å². The van der Waals surface area contributed by atoms with Gasteiger partial charge in [0.25, 0.3) is 0 Å². The molecule has 0 spiro atoms. The number of hydrogen-bond donors (Lipinski definition) is 2. The second-order valence-electron chi connectivity index (χ2n) is 7.21. The highest BCUT2D eigenvalue weighted by atomic mass is 127. The lowest BCUT2D eigenvalue weighted by Crippen LogP contribution is -2.38. The van der Waals surface area contributed by atoms with E-state index in [9.17, 15) is 0 Å². The van der Waals surface area contributed by atoms with Crippen molar-refractivity contribution in [1.29, 1.82) is 0 Å². The third kappa shape index (κ3) is 12.4. The van der Waals surface area contributed by atoms with Crippen molar-refractivity contribution in [3.05, 3.63) is 0 Å². The van der Waals surface area contributed by atoms with E-state index in [-0.39, 0.29) is 24.0 Å². The summed E-state index contributed by atoms with van der Waals surface area (Å²) in [5, 5.41) is 6.67. The predicted molar refractivity (Wildman–Crippen MR) is 123 cm³/mol. The van der Waals surface area contributed by atoms with Crippen molar-refractivity contribution in [2.45, 2.75) is 51.6 Å². The maximum Gasteiger partial charge on any atom is 0.191 e. The maximum atomic E-state index is 5.90. The van der Waals surface area contributed by atoms with Crippen molar-refractivity contribution in [2.75, 3.05) is 65.9 Å². The standard InChI is InChI=1S/C20H39N3O4.HI/c1-2-21-20(23-10-4-12-27-19-7-15-25-16-8-19)22-9-3-11-26-17-18-5-13-24-14-6-18;/h18-19H,2-17H2,1H3,(H2,21,22,23);1H. The highest BCUT2D eigenvalue weighted by molar-refractivity contribution is 14.0. The Hall–Kier alpha value is -0.160. The third-order valence-corrected chi connectivity index (χ3v) is 4.89. The first kappa shape index (κ1) is 25.9. The normalized spacial score (nSPS) is 19.2. The zero-order valence-corrected chi connectivity index (χ0v) is 19.8. The van der Waals surface area contributed by atoms with Crippen LogP contribution in [0.2, 0.25) is 0 Å². The molecule has 28 heavy (non-hydrogen) atoms. The summed E-state index contributed by atoms with van der Waals surface area (Å²) in [5.41, 5.74) is 0. The maximum absolute atomic E-state index is 5.90. The Balaban J connectivity index is 0.00000392. The highest BCUT2D eigenvalue weighted by Gasteiger charge is 2.14. The molecule has 7 nitrogen and oxygen atoms in total. The lowest BCUT2D eigenvalue weighted by atomic mass is 10.0. The van der Waals surface area contributed by atoms with Gasteiger partial charge in [-0.3, -0.25) is 4.99 Å². The number of guanidine groups is 1. The summed E-state index contributed by atoms with van der Waals surface area (Å²) in [5.74, 6) is 1.55. The molecule has 2 aliphatic rings. The fraction of sp³-hybridized carbons (Fsp3) is 0.950. The van der Waals surface area contributed by atoms with Gasteiger partial charge >= 0.3 is 0 Å². The van der Waals surface area contributed by atoms with Crippen molar-refractivity contribution < 1.29 is 18.9 Å². The van der Waals surface area contributed by atoms with Gasteiger partial charge in [0.2, 0.25) is 0 Å². The molecular formula is C20H40IN3O4. The van der Waals surface area contributed by atoms with E-state index in [2.05, 4.69) is 22.5 Å². The Morgan fingerprint density at radius 1 is 0.964 bits per heavy atom. The fourth-order valence-electron chi connectivity index (χ4n) is 3.23. The molecule has 2 saturated heterocycles. The number of nitrogens with zero attached hydrogens (tertiary/aromatic N) is 1. The van der Waals surface area contributed by atoms with Crippen molar-refractivity contribution in [1.82, 2.24) is 10.6 Å². The minimum atomic E-state index is 0. The molecule has 0 saturated carbocycles. The van der Waals surface area contributed by atoms with Crippen LogP contribution in [-0.4, -0.2) is 77.9 Å². The molecule has 0 atom stereocenters. The Bertz CT molecular complexity index is 390. The quantitative estimate of drug-likeness (QED) is 0.181. The van der Waals surface area contributed by atoms with Crippen molar-refractivity contribution in [3.8, 4) is 0 Å². The topological polar surface area (TPSA) is 73.3 Å². The minimum Gasteiger partial charge on any atom is -0.381 e. The SMILES string of the molecule is CCNC(=NCCCOCC1CCOCC1)NCCCOC1CCOCC1.I. The number of rotatable bonds is 12. The summed E-state index contributed by atoms with van der Waals surface area (Å²) in [6.45, 7) is 10.5. The Morgan fingerprint density at radius 2 is 1.68 bits per heavy atom. The van der Waals surface area contributed by atoms with Gasteiger partial charge in [-0.25, -0.2) is 0 Å². The van der Waals surface area contributed by atoms with Gasteiger partial charge in [-0.15, -0.1) is 24.0 Å². The van der Waals surface area contributed by atoms with Crippen LogP contribution < -0.4 is 10.6 Å². The van der Waals surface area contributed by atoms with E-state index in [1.165, 1.54) is 0 Å². The lowest BCUT2D eigenvalue weighted by molar-refractivity contribution is -0.0320. The molecule has 2 fully saturated rings. The summed E-state index contributed by atoms with van der Waals surface area (Å²) in [6.07, 6.45) is 6.61. The van der Waals surface area contributed by atoms with E-state index >= 15 is 0 Å². The average Bonchev–Trinajstić information content (AvgIpc) is 2.71. The molecule has 0 radical (unpaired) electrons. The zero-order chi connectivity index (χ0) is 19.0. The third-order valence-electron chi connectivity index (χ3n) is 4.89. The van der Waals surface area contributed by atoms with E-state index in [1.807, 2.05) is 0 Å². The Kier molecular flexibility index (Phi) is 16.3. The molecule has 2 N–H and O–H groups in total. The molecule has 0 aliphatic carbocycles. The van der Waals surface area contributed by atoms with E-state index in [0.29, 0.717) is 12.0 Å². The molecule has 8 heteroatoms. The number of halogens is 1. The van der Waals surface area contributed by atoms with Gasteiger partial charge in [0.15, 0.2) is 5.96 Å². The molecule has 2 heterocycles. The van der Waals surface area contributed by atoms with Gasteiger partial charge in [0, 0.05) is 65.9 Å². The van der Waals surface area contributed by atoms with Crippen LogP contribution in [0.25, 0.3) is 0 Å². The molecular weight excluding hydrogens is 473 g/mol. The van der Waals surface area contributed by atoms with E-state index in [0.717, 1.165) is 110 Å². The van der Waals surface area contributed by atoms with Crippen LogP contribution in [0, 0.1) is 5.92 Å². The first-order valence-corrected chi connectivity index (χ1v) is 10.8. The first-order chi connectivity index (χ1) is 13.4. The second kappa shape index (κ2) is 17.7. The summed E-state index contributed by atoms with van der Waals surface area (Å²) in [6, 6.07) is 0. The van der Waals surface area contributed by atoms with Gasteiger partial charge in [0.1, 0.15) is 0 Å². The summed E-state index contributed by atoms with van der Waals surface area (Å²) in [7, 11) is 0. The second-order valence-corrected chi connectivity index (χ2v) is 7.21. The van der Waals surface area contributed by atoms with Crippen LogP contribution in [-0.2, 0) is 18.9 Å². The van der Waals surface area contributed by atoms with E-state index < -0.39 is 0 Å². The average molecular weight is 513 g/mol. The largest absolute Gasteiger partial charge is 0.381 e. The Labute approximate surface area is 187 Å². The van der Waals surface area contributed by atoms with Crippen LogP contribution in [0.15, 0.2) is 4.99 Å². The molecule has 0 aromatic carbocycles. The molecule has 0 unspecified atom stereocenters. The lowest BCUT2D eigenvalue weighted by Gasteiger charge is -2.22. The van der Waals surface area contributed by atoms with Gasteiger partial charge in [-0.1, -0.05) is 0 Å². The number of ether oxygens (including phenoxy) is 4. The fourth-order valence-corrected chi connectivity index (χ4v) is 3.23. The summed E-state index contributed by atoms with van der Waals surface area (Å²) < 4.78 is 22.4. The monoisotopic (exact) mass is 513 g/mol. The van der Waals surface area contributed by atoms with Crippen LogP contribution in [0.4, 0.5) is 0 Å². The van der Waals surface area contributed by atoms with Crippen LogP contribution in [0.3, 0.4) is 0 Å². The predicted octanol–water partition coefficient (Wildman–Crippen LogP) is 2.58. The van der Waals surface area contributed by atoms with E-state index in [1.54, 1.807) is 0 Å². The molecule has 0 amide bonds. The van der Waals surface area contributed by atoms with Gasteiger partial charge in [-0.2, -0.15) is 0 Å². The molecule has 2 aliphatic heterocycles. The summed E-state index contributed by atoms with van der Waals surface area (Å²) in [4.78, 5) is 4.62. The van der Waals surface area contributed by atoms with Crippen molar-refractivity contribution in [3.63, 3.8) is 0 Å². The molecule has 0 aromatic rings. The molecule has 0 aromatic heterocycles. The smallest absolute Gasteiger partial charge is 0.191 e. The minimum absolute atomic E-state index is 0. The van der Waals surface area contributed by atoms with Gasteiger partial charge < -0.3 is 29.6 Å². The van der Waals surface area contributed by atoms with E-state index in [4.69, 9.17) is 18.9 Å². The number of aliphatic imine (C=N–C) groups is 1. The van der Waals surface area contributed by atoms with Crippen LogP contribution in [0.1, 0.15) is 45.4 Å². The zero-order valence-electron chi connectivity index (χ0n) is 17.5. The van der Waals surface area contributed by atoms with Crippen LogP contribution >= 0.6 is 24.0 Å². The Morgan fingerprint density at radius 3 is 2.39 bits per heavy atom. The molecule has 0 bridgehead atoms. The molecule has 2 rings (SSSR count). The number of hydrogen-bond acceptors (Lipinski definition) is 5. The van der Waals surface area contributed by atoms with Crippen molar-refractivity contribution in [2.24, 2.45) is 10.9 Å². The molecule has 166 valence electrons. The summed E-state index contributed by atoms with van der Waals surface area (Å²) >= 11 is 0. The van der Waals surface area contributed by atoms with Crippen LogP contribution in [0.5, 0.6) is 0 Å². The van der Waals surface area contributed by atoms with Crippen molar-refractivity contribution >= 4 is 29.9 Å². The highest BCUT2D eigenvalue weighted by Crippen LogP contribution is 2.14.